The summed E-state index contributed by atoms with van der Waals surface area (Å²) >= 11 is 25.5. The van der Waals surface area contributed by atoms with Gasteiger partial charge < -0.3 is 14.9 Å². The Morgan fingerprint density at radius 3 is 2.09 bits per heavy atom. The molecule has 9 heteroatoms. The number of aryl methyl sites for hydroxylation is 1. The number of fused-ring (bicyclic) bond motifs is 4. The van der Waals surface area contributed by atoms with E-state index in [0.717, 1.165) is 66.5 Å². The third-order valence-corrected chi connectivity index (χ3v) is 8.21. The maximum atomic E-state index is 9.83. The Morgan fingerprint density at radius 1 is 0.886 bits per heavy atom. The molecule has 0 radical (unpaired) electrons. The van der Waals surface area contributed by atoms with Gasteiger partial charge >= 0.3 is 0 Å². The molecule has 0 bridgehead atoms. The molecule has 0 unspecified atom stereocenters. The molecule has 2 aromatic carbocycles. The third kappa shape index (κ3) is 4.11. The Morgan fingerprint density at radius 2 is 1.49 bits per heavy atom. The van der Waals surface area contributed by atoms with Crippen molar-refractivity contribution in [1.82, 2.24) is 4.57 Å². The lowest BCUT2D eigenvalue weighted by atomic mass is 10.0. The monoisotopic (exact) mass is 551 g/mol. The highest BCUT2D eigenvalue weighted by atomic mass is 35.5. The van der Waals surface area contributed by atoms with E-state index in [1.54, 1.807) is 0 Å². The van der Waals surface area contributed by atoms with Crippen molar-refractivity contribution < 1.29 is 9.67 Å². The number of anilines is 2. The van der Waals surface area contributed by atoms with Gasteiger partial charge in [0, 0.05) is 30.8 Å². The molecule has 0 saturated heterocycles. The average Bonchev–Trinajstić information content (AvgIpc) is 3.30. The Kier molecular flexibility index (Phi) is 6.99. The SMILES string of the molecule is CCN1C(=CC=C2CCC[n+]3c2n(CCO)c2cc(Cl)c(Cl)cc23)N(CC)c2cc(Cl)c(Cl)cc21. The molecule has 0 fully saturated rings. The standard InChI is InChI=1S/C26H27Cl4N4O/c1-3-31-21-12-17(27)18(28)13-22(21)32(4-2)25(31)8-7-16-6-5-9-33-23-14-19(29)20(30)15-24(23)34(10-11-35)26(16)33/h7-8,12-15,35H,3-6,9-11H2,1-2H3/q+1. The molecule has 2 aliphatic rings. The van der Waals surface area contributed by atoms with Crippen LogP contribution in [0.2, 0.25) is 20.1 Å². The normalized spacial score (nSPS) is 16.4. The largest absolute Gasteiger partial charge is 0.392 e. The topological polar surface area (TPSA) is 35.5 Å². The number of rotatable bonds is 5. The van der Waals surface area contributed by atoms with Gasteiger partial charge in [0.05, 0.1) is 44.6 Å². The van der Waals surface area contributed by atoms with Gasteiger partial charge in [-0.2, -0.15) is 0 Å². The predicted octanol–water partition coefficient (Wildman–Crippen LogP) is 6.92. The van der Waals surface area contributed by atoms with E-state index in [1.165, 1.54) is 5.57 Å². The smallest absolute Gasteiger partial charge is 0.285 e. The first kappa shape index (κ1) is 24.8. The van der Waals surface area contributed by atoms with Gasteiger partial charge in [0.25, 0.3) is 5.82 Å². The molecular weight excluding hydrogens is 526 g/mol. The lowest BCUT2D eigenvalue weighted by Gasteiger charge is -2.23. The van der Waals surface area contributed by atoms with Crippen molar-refractivity contribution >= 4 is 74.4 Å². The van der Waals surface area contributed by atoms with E-state index in [1.807, 2.05) is 24.3 Å². The summed E-state index contributed by atoms with van der Waals surface area (Å²) in [5.41, 5.74) is 5.34. The van der Waals surface area contributed by atoms with Crippen LogP contribution in [0.4, 0.5) is 11.4 Å². The molecule has 0 atom stereocenters. The number of benzene rings is 2. The fourth-order valence-corrected chi connectivity index (χ4v) is 5.93. The molecule has 1 aromatic heterocycles. The summed E-state index contributed by atoms with van der Waals surface area (Å²) in [5.74, 6) is 2.17. The zero-order valence-corrected chi connectivity index (χ0v) is 22.7. The Balaban J connectivity index is 1.66. The fourth-order valence-electron chi connectivity index (χ4n) is 5.30. The van der Waals surface area contributed by atoms with E-state index >= 15 is 0 Å². The van der Waals surface area contributed by atoms with Crippen molar-refractivity contribution in [3.05, 3.63) is 68.2 Å². The highest BCUT2D eigenvalue weighted by Crippen LogP contribution is 2.45. The predicted molar refractivity (Wildman–Crippen MR) is 147 cm³/mol. The van der Waals surface area contributed by atoms with Crippen molar-refractivity contribution in [3.8, 4) is 0 Å². The minimum atomic E-state index is 0.0372. The minimum absolute atomic E-state index is 0.0372. The molecule has 2 aliphatic heterocycles. The first-order valence-corrected chi connectivity index (χ1v) is 13.4. The van der Waals surface area contributed by atoms with Crippen LogP contribution >= 0.6 is 46.4 Å². The van der Waals surface area contributed by atoms with Crippen molar-refractivity contribution in [2.45, 2.75) is 39.8 Å². The van der Waals surface area contributed by atoms with E-state index in [-0.39, 0.29) is 6.61 Å². The molecular formula is C26H27Cl4N4O+. The first-order chi connectivity index (χ1) is 16.9. The summed E-state index contributed by atoms with van der Waals surface area (Å²) in [7, 11) is 0. The number of nitrogens with zero attached hydrogens (tertiary/aromatic N) is 4. The lowest BCUT2D eigenvalue weighted by molar-refractivity contribution is -0.678. The Hall–Kier alpha value is -1.89. The quantitative estimate of drug-likeness (QED) is 0.349. The van der Waals surface area contributed by atoms with Crippen LogP contribution in [0.3, 0.4) is 0 Å². The van der Waals surface area contributed by atoms with Crippen LogP contribution in [-0.4, -0.2) is 29.4 Å². The van der Waals surface area contributed by atoms with Gasteiger partial charge in [0.1, 0.15) is 12.4 Å². The van der Waals surface area contributed by atoms with Crippen molar-refractivity contribution in [1.29, 1.82) is 0 Å². The summed E-state index contributed by atoms with van der Waals surface area (Å²) in [4.78, 5) is 4.52. The molecule has 0 aliphatic carbocycles. The maximum absolute atomic E-state index is 9.83. The molecule has 0 saturated carbocycles. The number of aliphatic hydroxyl groups excluding tert-OH is 1. The first-order valence-electron chi connectivity index (χ1n) is 11.9. The maximum Gasteiger partial charge on any atom is 0.285 e. The number of hydrogen-bond donors (Lipinski definition) is 1. The number of aliphatic hydroxyl groups is 1. The second kappa shape index (κ2) is 9.87. The minimum Gasteiger partial charge on any atom is -0.392 e. The highest BCUT2D eigenvalue weighted by Gasteiger charge is 2.33. The molecule has 3 aromatic rings. The Labute approximate surface area is 225 Å². The summed E-state index contributed by atoms with van der Waals surface area (Å²) in [5, 5.41) is 12.0. The second-order valence-electron chi connectivity index (χ2n) is 8.67. The van der Waals surface area contributed by atoms with Gasteiger partial charge in [0.2, 0.25) is 0 Å². The molecule has 0 spiro atoms. The Bertz CT molecular complexity index is 1340. The summed E-state index contributed by atoms with van der Waals surface area (Å²) in [6.45, 7) is 7.28. The van der Waals surface area contributed by atoms with Gasteiger partial charge in [-0.25, -0.2) is 9.13 Å². The van der Waals surface area contributed by atoms with Crippen LogP contribution in [0.5, 0.6) is 0 Å². The van der Waals surface area contributed by atoms with Crippen molar-refractivity contribution in [2.75, 3.05) is 29.5 Å². The number of aromatic nitrogens is 2. The lowest BCUT2D eigenvalue weighted by Crippen LogP contribution is -2.40. The highest BCUT2D eigenvalue weighted by molar-refractivity contribution is 6.43. The van der Waals surface area contributed by atoms with E-state index in [0.29, 0.717) is 26.6 Å². The summed E-state index contributed by atoms with van der Waals surface area (Å²) in [6.07, 6.45) is 6.35. The van der Waals surface area contributed by atoms with Gasteiger partial charge in [0.15, 0.2) is 11.0 Å². The third-order valence-electron chi connectivity index (χ3n) is 6.77. The van der Waals surface area contributed by atoms with Crippen LogP contribution in [0.15, 0.2) is 42.2 Å². The summed E-state index contributed by atoms with van der Waals surface area (Å²) < 4.78 is 4.44. The average molecular weight is 553 g/mol. The molecule has 35 heavy (non-hydrogen) atoms. The van der Waals surface area contributed by atoms with Crippen LogP contribution in [0.25, 0.3) is 16.6 Å². The van der Waals surface area contributed by atoms with E-state index < -0.39 is 0 Å². The zero-order valence-electron chi connectivity index (χ0n) is 19.7. The van der Waals surface area contributed by atoms with E-state index in [4.69, 9.17) is 46.4 Å². The van der Waals surface area contributed by atoms with Crippen molar-refractivity contribution in [3.63, 3.8) is 0 Å². The van der Waals surface area contributed by atoms with Crippen LogP contribution in [0, 0.1) is 0 Å². The summed E-state index contributed by atoms with van der Waals surface area (Å²) in [6, 6.07) is 7.72. The zero-order chi connectivity index (χ0) is 24.9. The molecule has 5 rings (SSSR count). The van der Waals surface area contributed by atoms with Crippen LogP contribution in [0.1, 0.15) is 32.5 Å². The number of halogens is 4. The second-order valence-corrected chi connectivity index (χ2v) is 10.3. The van der Waals surface area contributed by atoms with Gasteiger partial charge in [-0.15, -0.1) is 0 Å². The number of allylic oxidation sites excluding steroid dienone is 3. The fraction of sp³-hybridized carbons (Fsp3) is 0.346. The van der Waals surface area contributed by atoms with E-state index in [9.17, 15) is 5.11 Å². The molecule has 5 nitrogen and oxygen atoms in total. The van der Waals surface area contributed by atoms with E-state index in [2.05, 4.69) is 44.9 Å². The van der Waals surface area contributed by atoms with Crippen molar-refractivity contribution in [2.24, 2.45) is 0 Å². The molecule has 1 N–H and O–H groups in total. The molecule has 3 heterocycles. The van der Waals surface area contributed by atoms with Gasteiger partial charge in [-0.3, -0.25) is 0 Å². The van der Waals surface area contributed by atoms with Crippen LogP contribution in [-0.2, 0) is 13.1 Å². The number of imidazole rings is 1. The van der Waals surface area contributed by atoms with Gasteiger partial charge in [-0.1, -0.05) is 46.4 Å². The van der Waals surface area contributed by atoms with Gasteiger partial charge in [-0.05, 0) is 51.0 Å². The van der Waals surface area contributed by atoms with Crippen LogP contribution < -0.4 is 14.4 Å². The molecule has 184 valence electrons. The number of hydrogen-bond acceptors (Lipinski definition) is 3. The molecule has 0 amide bonds.